The summed E-state index contributed by atoms with van der Waals surface area (Å²) in [4.78, 5) is 13.3. The van der Waals surface area contributed by atoms with E-state index in [9.17, 15) is 4.79 Å². The fourth-order valence-electron chi connectivity index (χ4n) is 2.59. The third kappa shape index (κ3) is 3.06. The number of hydrogen-bond acceptors (Lipinski definition) is 2. The number of nitrogens with zero attached hydrogens (tertiary/aromatic N) is 1. The Morgan fingerprint density at radius 3 is 2.14 bits per heavy atom. The van der Waals surface area contributed by atoms with Gasteiger partial charge in [-0.15, -0.1) is 11.8 Å². The number of hydrogen-bond donors (Lipinski definition) is 0. The summed E-state index contributed by atoms with van der Waals surface area (Å²) in [7, 11) is 0. The number of thioether (sulfide) groups is 1. The molecule has 1 amide bonds. The van der Waals surface area contributed by atoms with Crippen LogP contribution < -0.4 is 5.32 Å². The minimum Gasteiger partial charge on any atom is -0.268 e. The molecule has 4 heteroatoms. The van der Waals surface area contributed by atoms with Crippen LogP contribution >= 0.6 is 23.4 Å². The van der Waals surface area contributed by atoms with Crippen LogP contribution in [0.3, 0.4) is 0 Å². The van der Waals surface area contributed by atoms with Gasteiger partial charge < -0.3 is 0 Å². The van der Waals surface area contributed by atoms with Crippen molar-refractivity contribution in [2.45, 2.75) is 11.3 Å². The van der Waals surface area contributed by atoms with Gasteiger partial charge in [-0.25, -0.2) is 5.32 Å². The van der Waals surface area contributed by atoms with Crippen molar-refractivity contribution in [3.8, 4) is 0 Å². The lowest BCUT2D eigenvalue weighted by atomic mass is 9.92. The highest BCUT2D eigenvalue weighted by Gasteiger charge is 2.24. The van der Waals surface area contributed by atoms with Crippen molar-refractivity contribution in [1.29, 1.82) is 0 Å². The lowest BCUT2D eigenvalue weighted by molar-refractivity contribution is -0.116. The molecule has 0 aromatic heterocycles. The topological polar surface area (TPSA) is 31.2 Å². The lowest BCUT2D eigenvalue weighted by Gasteiger charge is -2.12. The number of halogens is 1. The van der Waals surface area contributed by atoms with Gasteiger partial charge in [-0.2, -0.15) is 0 Å². The van der Waals surface area contributed by atoms with Gasteiger partial charge in [0, 0.05) is 22.0 Å². The maximum Gasteiger partial charge on any atom is 0.269 e. The number of amides is 1. The zero-order valence-corrected chi connectivity index (χ0v) is 13.7. The summed E-state index contributed by atoms with van der Waals surface area (Å²) < 4.78 is 0. The third-order valence-corrected chi connectivity index (χ3v) is 4.68. The molecule has 0 bridgehead atoms. The van der Waals surface area contributed by atoms with E-state index in [-0.39, 0.29) is 5.91 Å². The molecule has 0 N–H and O–H groups in total. The van der Waals surface area contributed by atoms with Gasteiger partial charge in [-0.05, 0) is 53.6 Å². The van der Waals surface area contributed by atoms with Crippen molar-refractivity contribution in [1.82, 2.24) is 5.32 Å². The van der Waals surface area contributed by atoms with Gasteiger partial charge in [-0.1, -0.05) is 35.9 Å². The number of carbonyl (C=O) groups excluding carboxylic acids is 1. The van der Waals surface area contributed by atoms with Gasteiger partial charge >= 0.3 is 0 Å². The average Bonchev–Trinajstić information content (AvgIpc) is 2.96. The Labute approximate surface area is 139 Å². The molecule has 1 aliphatic rings. The van der Waals surface area contributed by atoms with E-state index < -0.39 is 0 Å². The first-order valence-electron chi connectivity index (χ1n) is 7.04. The van der Waals surface area contributed by atoms with Crippen LogP contribution in [0, 0.1) is 0 Å². The summed E-state index contributed by atoms with van der Waals surface area (Å²) in [6.07, 6.45) is 2.74. The smallest absolute Gasteiger partial charge is 0.268 e. The SMILES string of the molecule is CSc1ccc(C(=C2CC[N]C2=O)c2ccc(Cl)cc2)cc1. The van der Waals surface area contributed by atoms with Crippen LogP contribution in [-0.4, -0.2) is 18.7 Å². The van der Waals surface area contributed by atoms with E-state index in [1.807, 2.05) is 30.5 Å². The second-order valence-electron chi connectivity index (χ2n) is 5.03. The first-order valence-corrected chi connectivity index (χ1v) is 8.64. The largest absolute Gasteiger partial charge is 0.269 e. The van der Waals surface area contributed by atoms with Crippen LogP contribution in [0.15, 0.2) is 59.0 Å². The van der Waals surface area contributed by atoms with Gasteiger partial charge in [0.1, 0.15) is 0 Å². The second kappa shape index (κ2) is 6.59. The molecule has 1 heterocycles. The van der Waals surface area contributed by atoms with E-state index in [1.54, 1.807) is 11.8 Å². The molecule has 0 spiro atoms. The molecule has 22 heavy (non-hydrogen) atoms. The number of benzene rings is 2. The summed E-state index contributed by atoms with van der Waals surface area (Å²) in [5.41, 5.74) is 3.80. The predicted octanol–water partition coefficient (Wildman–Crippen LogP) is 4.40. The van der Waals surface area contributed by atoms with Crippen LogP contribution in [0.2, 0.25) is 5.02 Å². The van der Waals surface area contributed by atoms with Gasteiger partial charge in [0.2, 0.25) is 0 Å². The van der Waals surface area contributed by atoms with Crippen LogP contribution in [0.5, 0.6) is 0 Å². The first-order chi connectivity index (χ1) is 10.7. The summed E-state index contributed by atoms with van der Waals surface area (Å²) in [6, 6.07) is 15.9. The van der Waals surface area contributed by atoms with Crippen molar-refractivity contribution in [2.24, 2.45) is 0 Å². The maximum atomic E-state index is 12.1. The van der Waals surface area contributed by atoms with Gasteiger partial charge in [0.15, 0.2) is 0 Å². The van der Waals surface area contributed by atoms with E-state index in [0.717, 1.165) is 22.3 Å². The van der Waals surface area contributed by atoms with Crippen LogP contribution in [-0.2, 0) is 4.79 Å². The highest BCUT2D eigenvalue weighted by molar-refractivity contribution is 7.98. The summed E-state index contributed by atoms with van der Waals surface area (Å²) in [5, 5.41) is 4.70. The highest BCUT2D eigenvalue weighted by atomic mass is 35.5. The third-order valence-electron chi connectivity index (χ3n) is 3.69. The Morgan fingerprint density at radius 2 is 1.64 bits per heavy atom. The van der Waals surface area contributed by atoms with E-state index in [0.29, 0.717) is 18.0 Å². The molecule has 2 nitrogen and oxygen atoms in total. The molecule has 1 saturated heterocycles. The molecule has 0 atom stereocenters. The fourth-order valence-corrected chi connectivity index (χ4v) is 3.13. The lowest BCUT2D eigenvalue weighted by Crippen LogP contribution is -2.07. The molecule has 111 valence electrons. The van der Waals surface area contributed by atoms with E-state index in [2.05, 4.69) is 29.6 Å². The zero-order chi connectivity index (χ0) is 15.5. The average molecular weight is 329 g/mol. The molecular weight excluding hydrogens is 314 g/mol. The van der Waals surface area contributed by atoms with Crippen LogP contribution in [0.4, 0.5) is 0 Å². The molecule has 2 aromatic rings. The van der Waals surface area contributed by atoms with Crippen molar-refractivity contribution in [3.05, 3.63) is 70.3 Å². The van der Waals surface area contributed by atoms with Crippen molar-refractivity contribution >= 4 is 34.8 Å². The number of carbonyl (C=O) groups is 1. The Kier molecular flexibility index (Phi) is 4.55. The van der Waals surface area contributed by atoms with Crippen molar-refractivity contribution < 1.29 is 4.79 Å². The number of rotatable bonds is 3. The molecule has 1 radical (unpaired) electrons. The molecule has 0 aliphatic carbocycles. The molecule has 3 rings (SSSR count). The molecule has 0 saturated carbocycles. The summed E-state index contributed by atoms with van der Waals surface area (Å²) in [5.74, 6) is -0.0982. The van der Waals surface area contributed by atoms with E-state index in [1.165, 1.54) is 4.90 Å². The Balaban J connectivity index is 2.14. The molecule has 0 unspecified atom stereocenters. The first kappa shape index (κ1) is 15.2. The standard InChI is InChI=1S/C18H15ClNOS/c1-22-15-8-4-13(5-9-15)17(16-10-11-20-18(16)21)12-2-6-14(19)7-3-12/h2-9H,10-11H2,1H3. The normalized spacial score (nSPS) is 16.5. The molecule has 2 aromatic carbocycles. The van der Waals surface area contributed by atoms with Gasteiger partial charge in [0.25, 0.3) is 5.91 Å². The molecule has 1 fully saturated rings. The fraction of sp³-hybridized carbons (Fsp3) is 0.167. The van der Waals surface area contributed by atoms with E-state index >= 15 is 0 Å². The quantitative estimate of drug-likeness (QED) is 0.617. The Hall–Kier alpha value is -1.71. The van der Waals surface area contributed by atoms with Crippen molar-refractivity contribution in [3.63, 3.8) is 0 Å². The van der Waals surface area contributed by atoms with E-state index in [4.69, 9.17) is 11.6 Å². The van der Waals surface area contributed by atoms with Gasteiger partial charge in [-0.3, -0.25) is 4.79 Å². The van der Waals surface area contributed by atoms with Crippen LogP contribution in [0.1, 0.15) is 17.5 Å². The Morgan fingerprint density at radius 1 is 1.05 bits per heavy atom. The molecule has 1 aliphatic heterocycles. The van der Waals surface area contributed by atoms with Crippen molar-refractivity contribution in [2.75, 3.05) is 12.8 Å². The van der Waals surface area contributed by atoms with Crippen LogP contribution in [0.25, 0.3) is 5.57 Å². The monoisotopic (exact) mass is 328 g/mol. The zero-order valence-electron chi connectivity index (χ0n) is 12.2. The summed E-state index contributed by atoms with van der Waals surface area (Å²) in [6.45, 7) is 0.578. The minimum absolute atomic E-state index is 0.0982. The summed E-state index contributed by atoms with van der Waals surface area (Å²) >= 11 is 7.69. The van der Waals surface area contributed by atoms with Gasteiger partial charge in [0.05, 0.1) is 0 Å². The predicted molar refractivity (Wildman–Crippen MR) is 92.3 cm³/mol. The second-order valence-corrected chi connectivity index (χ2v) is 6.34. The maximum absolute atomic E-state index is 12.1. The highest BCUT2D eigenvalue weighted by Crippen LogP contribution is 2.32. The minimum atomic E-state index is -0.0982. The Bertz CT molecular complexity index is 720. The molecular formula is C18H15ClNOS.